The lowest BCUT2D eigenvalue weighted by Crippen LogP contribution is -2.60. The number of carbonyl (C=O) groups excluding carboxylic acids is 2. The number of benzene rings is 4. The molecule has 17 heteroatoms. The molecule has 6 N–H and O–H groups in total. The summed E-state index contributed by atoms with van der Waals surface area (Å²) in [7, 11) is -0.858. The van der Waals surface area contributed by atoms with E-state index in [0.29, 0.717) is 46.2 Å². The molecule has 15 nitrogen and oxygen atoms in total. The second-order valence-electron chi connectivity index (χ2n) is 17.2. The van der Waals surface area contributed by atoms with Gasteiger partial charge in [-0.05, 0) is 65.6 Å². The Hall–Kier alpha value is -5.01. The standard InChI is InChI=1S/C46H52ClN5O10Si/c1-26-42(63(3,4)32-16-14-31(60-2)15-17-32)37(19-20-51-24-35(49-50-51)33(25-53)28-10-6-5-7-11-28)62-46(26)34-22-29(47)13-18-36(34)52(45(46)59)23-27-9-8-12-30(21-27)48-43(57)41-39(55)38(54)40(56)44(58)61-41/h5-18,21-22,24,26,33,37-42,44,53-56,58H,19-20,23,25H2,1-4H3,(H,48,57)/t26-,33?,37+,38-,39-,40+,41-,42-,44+,46+/m0/s1. The van der Waals surface area contributed by atoms with Gasteiger partial charge in [-0.3, -0.25) is 14.3 Å². The van der Waals surface area contributed by atoms with Gasteiger partial charge < -0.3 is 50.0 Å². The van der Waals surface area contributed by atoms with Crippen molar-refractivity contribution in [1.29, 1.82) is 0 Å². The highest BCUT2D eigenvalue weighted by molar-refractivity contribution is 6.91. The lowest BCUT2D eigenvalue weighted by atomic mass is 9.82. The number of nitrogens with one attached hydrogen (secondary N) is 1. The largest absolute Gasteiger partial charge is 0.497 e. The average Bonchev–Trinajstić information content (AvgIpc) is 3.94. The maximum atomic E-state index is 15.4. The van der Waals surface area contributed by atoms with Gasteiger partial charge in [-0.2, -0.15) is 0 Å². The van der Waals surface area contributed by atoms with E-state index in [4.69, 9.17) is 25.8 Å². The van der Waals surface area contributed by atoms with Gasteiger partial charge in [0.05, 0.1) is 51.7 Å². The van der Waals surface area contributed by atoms with Crippen LogP contribution in [0.25, 0.3) is 0 Å². The second kappa shape index (κ2) is 17.9. The highest BCUT2D eigenvalue weighted by Crippen LogP contribution is 2.60. The van der Waals surface area contributed by atoms with E-state index in [-0.39, 0.29) is 36.4 Å². The molecule has 0 bridgehead atoms. The first-order valence-corrected chi connectivity index (χ1v) is 24.4. The van der Waals surface area contributed by atoms with Crippen molar-refractivity contribution in [1.82, 2.24) is 15.0 Å². The molecule has 1 spiro atoms. The second-order valence-corrected chi connectivity index (χ2v) is 22.3. The fourth-order valence-corrected chi connectivity index (χ4v) is 14.1. The van der Waals surface area contributed by atoms with Crippen molar-refractivity contribution in [2.75, 3.05) is 23.9 Å². The van der Waals surface area contributed by atoms with E-state index in [0.717, 1.165) is 11.3 Å². The van der Waals surface area contributed by atoms with Gasteiger partial charge in [0.1, 0.15) is 24.1 Å². The molecule has 5 aromatic rings. The minimum Gasteiger partial charge on any atom is -0.497 e. The number of aliphatic hydroxyl groups excluding tert-OH is 5. The molecule has 2 fully saturated rings. The van der Waals surface area contributed by atoms with Crippen LogP contribution in [0.3, 0.4) is 0 Å². The first-order valence-electron chi connectivity index (χ1n) is 21.0. The van der Waals surface area contributed by atoms with E-state index in [1.54, 1.807) is 41.0 Å². The van der Waals surface area contributed by atoms with E-state index in [1.165, 1.54) is 5.19 Å². The number of amides is 2. The van der Waals surface area contributed by atoms with Crippen molar-refractivity contribution >= 4 is 48.1 Å². The van der Waals surface area contributed by atoms with Crippen LogP contribution >= 0.6 is 11.6 Å². The monoisotopic (exact) mass is 897 g/mol. The summed E-state index contributed by atoms with van der Waals surface area (Å²) in [6, 6.07) is 30.0. The Kier molecular flexibility index (Phi) is 12.6. The maximum Gasteiger partial charge on any atom is 0.264 e. The molecular weight excluding hydrogens is 846 g/mol. The van der Waals surface area contributed by atoms with Gasteiger partial charge in [-0.1, -0.05) is 96.6 Å². The van der Waals surface area contributed by atoms with E-state index in [1.807, 2.05) is 66.9 Å². The fraction of sp³-hybridized carbons (Fsp3) is 0.391. The number of aryl methyl sites for hydroxylation is 1. The predicted octanol–water partition coefficient (Wildman–Crippen LogP) is 3.66. The fourth-order valence-electron chi connectivity index (χ4n) is 9.83. The molecule has 1 aromatic heterocycles. The summed E-state index contributed by atoms with van der Waals surface area (Å²) >= 11 is 6.73. The third kappa shape index (κ3) is 8.20. The van der Waals surface area contributed by atoms with Crippen molar-refractivity contribution in [3.63, 3.8) is 0 Å². The molecule has 10 atom stereocenters. The summed E-state index contributed by atoms with van der Waals surface area (Å²) < 4.78 is 19.7. The van der Waals surface area contributed by atoms with E-state index < -0.39 is 56.4 Å². The zero-order chi connectivity index (χ0) is 44.8. The molecule has 8 rings (SSSR count). The topological polar surface area (TPSA) is 209 Å². The zero-order valence-electron chi connectivity index (χ0n) is 35.3. The van der Waals surface area contributed by atoms with Crippen LogP contribution in [0.1, 0.15) is 41.6 Å². The zero-order valence-corrected chi connectivity index (χ0v) is 37.0. The number of fused-ring (bicyclic) bond motifs is 2. The number of ether oxygens (including phenoxy) is 3. The molecule has 63 heavy (non-hydrogen) atoms. The van der Waals surface area contributed by atoms with Crippen LogP contribution in [0.5, 0.6) is 5.75 Å². The lowest BCUT2D eigenvalue weighted by Gasteiger charge is -2.37. The van der Waals surface area contributed by atoms with Crippen molar-refractivity contribution in [3.8, 4) is 5.75 Å². The van der Waals surface area contributed by atoms with Gasteiger partial charge in [0.2, 0.25) is 0 Å². The molecular formula is C46H52ClN5O10Si. The molecule has 4 heterocycles. The average molecular weight is 898 g/mol. The number of aliphatic hydroxyl groups is 5. The van der Waals surface area contributed by atoms with Crippen LogP contribution in [0, 0.1) is 5.92 Å². The van der Waals surface area contributed by atoms with Crippen LogP contribution in [-0.4, -0.2) is 111 Å². The number of hydrogen-bond donors (Lipinski definition) is 6. The van der Waals surface area contributed by atoms with Crippen LogP contribution in [-0.2, 0) is 37.8 Å². The molecule has 0 aliphatic carbocycles. The minimum absolute atomic E-state index is 0.0758. The highest BCUT2D eigenvalue weighted by Gasteiger charge is 2.66. The normalized spacial score (nSPS) is 27.4. The summed E-state index contributed by atoms with van der Waals surface area (Å²) in [6.45, 7) is 7.13. The van der Waals surface area contributed by atoms with Gasteiger partial charge in [-0.15, -0.1) is 5.10 Å². The number of rotatable bonds is 13. The van der Waals surface area contributed by atoms with Gasteiger partial charge in [0, 0.05) is 34.9 Å². The van der Waals surface area contributed by atoms with E-state index in [9.17, 15) is 30.3 Å². The third-order valence-electron chi connectivity index (χ3n) is 13.1. The highest BCUT2D eigenvalue weighted by atomic mass is 35.5. The molecule has 3 aliphatic heterocycles. The summed E-state index contributed by atoms with van der Waals surface area (Å²) in [5.74, 6) is -0.998. The summed E-state index contributed by atoms with van der Waals surface area (Å²) in [5, 5.41) is 63.9. The van der Waals surface area contributed by atoms with E-state index in [2.05, 4.69) is 47.8 Å². The predicted molar refractivity (Wildman–Crippen MR) is 236 cm³/mol. The molecule has 1 unspecified atom stereocenters. The Morgan fingerprint density at radius 3 is 2.43 bits per heavy atom. The number of nitrogens with zero attached hydrogens (tertiary/aromatic N) is 4. The minimum atomic E-state index is -2.49. The molecule has 332 valence electrons. The van der Waals surface area contributed by atoms with E-state index >= 15 is 4.79 Å². The maximum absolute atomic E-state index is 15.4. The Morgan fingerprint density at radius 2 is 1.71 bits per heavy atom. The quantitative estimate of drug-likeness (QED) is 0.0937. The number of carbonyl (C=O) groups is 2. The Bertz CT molecular complexity index is 2440. The summed E-state index contributed by atoms with van der Waals surface area (Å²) in [6.07, 6.45) is -6.95. The van der Waals surface area contributed by atoms with Gasteiger partial charge >= 0.3 is 0 Å². The molecule has 0 radical (unpaired) electrons. The van der Waals surface area contributed by atoms with Crippen molar-refractivity contribution < 1.29 is 49.3 Å². The van der Waals surface area contributed by atoms with Crippen molar-refractivity contribution in [2.45, 2.75) is 93.4 Å². The lowest BCUT2D eigenvalue weighted by molar-refractivity contribution is -0.274. The molecule has 4 aromatic carbocycles. The van der Waals surface area contributed by atoms with Crippen molar-refractivity contribution in [2.24, 2.45) is 5.92 Å². The Morgan fingerprint density at radius 1 is 0.968 bits per heavy atom. The first kappa shape index (κ1) is 44.6. The SMILES string of the molecule is COc1ccc([Si](C)(C)[C@@H]2[C@@H](CCn3cc(C(CO)c4ccccc4)nn3)O[C@]3(C(=O)N(Cc4cccc(NC(=O)[C@H]5O[C@@H](O)[C@H](O)[C@@H](O)[C@@H]5O)c4)c4ccc(Cl)cc43)[C@H]2C)cc1. The molecule has 3 aliphatic rings. The van der Waals surface area contributed by atoms with Crippen LogP contribution in [0.2, 0.25) is 23.7 Å². The number of anilines is 2. The molecule has 2 amide bonds. The van der Waals surface area contributed by atoms with Crippen molar-refractivity contribution in [3.05, 3.63) is 131 Å². The molecule has 0 saturated carbocycles. The molecule has 2 saturated heterocycles. The van der Waals surface area contributed by atoms with Gasteiger partial charge in [0.25, 0.3) is 11.8 Å². The number of halogens is 1. The van der Waals surface area contributed by atoms with Crippen LogP contribution in [0.4, 0.5) is 11.4 Å². The Labute approximate surface area is 370 Å². The summed E-state index contributed by atoms with van der Waals surface area (Å²) in [5.41, 5.74) is 2.39. The number of hydrogen-bond acceptors (Lipinski definition) is 12. The Balaban J connectivity index is 1.10. The summed E-state index contributed by atoms with van der Waals surface area (Å²) in [4.78, 5) is 30.3. The third-order valence-corrected chi connectivity index (χ3v) is 17.7. The van der Waals surface area contributed by atoms with Gasteiger partial charge in [0.15, 0.2) is 18.0 Å². The number of methoxy groups -OCH3 is 1. The number of aromatic nitrogens is 3. The first-order chi connectivity index (χ1) is 30.2. The van der Waals surface area contributed by atoms with Gasteiger partial charge in [-0.25, -0.2) is 0 Å². The van der Waals surface area contributed by atoms with Crippen LogP contribution < -0.4 is 20.1 Å². The van der Waals surface area contributed by atoms with Crippen LogP contribution in [0.15, 0.2) is 103 Å². The smallest absolute Gasteiger partial charge is 0.264 e.